The summed E-state index contributed by atoms with van der Waals surface area (Å²) in [5.74, 6) is -0.862. The molecule has 0 radical (unpaired) electrons. The van der Waals surface area contributed by atoms with E-state index >= 15 is 0 Å². The Morgan fingerprint density at radius 3 is 2.72 bits per heavy atom. The molecule has 1 aromatic carbocycles. The Bertz CT molecular complexity index is 441. The standard InChI is InChI=1S/C13H16BrClFNO/c1-3-13(2,6-7-14)17-12(18)9-4-5-10(15)11(16)8-9/h4-5,8H,3,6-7H2,1-2H3,(H,17,18). The van der Waals surface area contributed by atoms with Gasteiger partial charge in [0, 0.05) is 16.4 Å². The Labute approximate surface area is 120 Å². The number of rotatable bonds is 5. The highest BCUT2D eigenvalue weighted by Crippen LogP contribution is 2.19. The van der Waals surface area contributed by atoms with Crippen molar-refractivity contribution in [2.45, 2.75) is 32.2 Å². The van der Waals surface area contributed by atoms with Crippen LogP contribution in [0.2, 0.25) is 5.02 Å². The molecular formula is C13H16BrClFNO. The van der Waals surface area contributed by atoms with Crippen LogP contribution in [0.4, 0.5) is 4.39 Å². The maximum atomic E-state index is 13.3. The molecule has 18 heavy (non-hydrogen) atoms. The summed E-state index contributed by atoms with van der Waals surface area (Å²) in [5, 5.41) is 3.75. The summed E-state index contributed by atoms with van der Waals surface area (Å²) in [6.07, 6.45) is 1.62. The molecule has 0 heterocycles. The predicted molar refractivity (Wildman–Crippen MR) is 76.0 cm³/mol. The number of hydrogen-bond acceptors (Lipinski definition) is 1. The molecule has 0 bridgehead atoms. The van der Waals surface area contributed by atoms with Crippen LogP contribution in [0.5, 0.6) is 0 Å². The van der Waals surface area contributed by atoms with Gasteiger partial charge in [-0.1, -0.05) is 34.5 Å². The van der Waals surface area contributed by atoms with Gasteiger partial charge in [0.2, 0.25) is 0 Å². The average Bonchev–Trinajstić information content (AvgIpc) is 2.32. The molecule has 1 aromatic rings. The Morgan fingerprint density at radius 1 is 1.56 bits per heavy atom. The molecule has 1 rings (SSSR count). The predicted octanol–water partition coefficient (Wildman–Crippen LogP) is 4.16. The van der Waals surface area contributed by atoms with Crippen molar-refractivity contribution in [2.24, 2.45) is 0 Å². The second-order valence-corrected chi connectivity index (χ2v) is 5.64. The van der Waals surface area contributed by atoms with Crippen molar-refractivity contribution < 1.29 is 9.18 Å². The van der Waals surface area contributed by atoms with Gasteiger partial charge in [0.15, 0.2) is 0 Å². The second kappa shape index (κ2) is 6.53. The molecule has 0 fully saturated rings. The molecule has 0 saturated heterocycles. The Morgan fingerprint density at radius 2 is 2.22 bits per heavy atom. The lowest BCUT2D eigenvalue weighted by Gasteiger charge is -2.29. The van der Waals surface area contributed by atoms with Crippen molar-refractivity contribution in [3.63, 3.8) is 0 Å². The van der Waals surface area contributed by atoms with E-state index in [0.717, 1.165) is 24.2 Å². The highest BCUT2D eigenvalue weighted by molar-refractivity contribution is 9.09. The number of nitrogens with one attached hydrogen (secondary N) is 1. The fourth-order valence-corrected chi connectivity index (χ4v) is 2.51. The molecule has 1 unspecified atom stereocenters. The van der Waals surface area contributed by atoms with Crippen LogP contribution in [0.1, 0.15) is 37.0 Å². The van der Waals surface area contributed by atoms with Crippen LogP contribution in [0, 0.1) is 5.82 Å². The first-order valence-electron chi connectivity index (χ1n) is 5.75. The van der Waals surface area contributed by atoms with E-state index in [1.165, 1.54) is 12.1 Å². The van der Waals surface area contributed by atoms with Crippen molar-refractivity contribution in [3.8, 4) is 0 Å². The lowest BCUT2D eigenvalue weighted by Crippen LogP contribution is -2.45. The molecule has 2 nitrogen and oxygen atoms in total. The van der Waals surface area contributed by atoms with Crippen LogP contribution in [-0.4, -0.2) is 16.8 Å². The van der Waals surface area contributed by atoms with Gasteiger partial charge in [-0.15, -0.1) is 0 Å². The zero-order valence-electron chi connectivity index (χ0n) is 10.4. The van der Waals surface area contributed by atoms with Crippen LogP contribution < -0.4 is 5.32 Å². The monoisotopic (exact) mass is 335 g/mol. The summed E-state index contributed by atoms with van der Waals surface area (Å²) < 4.78 is 13.3. The zero-order valence-corrected chi connectivity index (χ0v) is 12.7. The Kier molecular flexibility index (Phi) is 5.60. The van der Waals surface area contributed by atoms with E-state index in [4.69, 9.17) is 11.6 Å². The smallest absolute Gasteiger partial charge is 0.251 e. The summed E-state index contributed by atoms with van der Waals surface area (Å²) in [7, 11) is 0. The minimum Gasteiger partial charge on any atom is -0.347 e. The molecule has 0 aromatic heterocycles. The van der Waals surface area contributed by atoms with Gasteiger partial charge < -0.3 is 5.32 Å². The van der Waals surface area contributed by atoms with Crippen molar-refractivity contribution in [1.29, 1.82) is 0 Å². The van der Waals surface area contributed by atoms with Gasteiger partial charge in [0.05, 0.1) is 5.02 Å². The van der Waals surface area contributed by atoms with Crippen molar-refractivity contribution in [1.82, 2.24) is 5.32 Å². The number of carbonyl (C=O) groups excluding carboxylic acids is 1. The molecule has 0 aliphatic heterocycles. The zero-order chi connectivity index (χ0) is 13.8. The first-order valence-corrected chi connectivity index (χ1v) is 7.25. The molecule has 1 N–H and O–H groups in total. The van der Waals surface area contributed by atoms with E-state index in [-0.39, 0.29) is 22.0 Å². The fourth-order valence-electron chi connectivity index (χ4n) is 1.52. The quantitative estimate of drug-likeness (QED) is 0.804. The first kappa shape index (κ1) is 15.4. The average molecular weight is 337 g/mol. The molecule has 0 aliphatic rings. The molecule has 0 saturated carbocycles. The highest BCUT2D eigenvalue weighted by Gasteiger charge is 2.24. The maximum Gasteiger partial charge on any atom is 0.251 e. The minimum absolute atomic E-state index is 0.0188. The molecular weight excluding hydrogens is 321 g/mol. The van der Waals surface area contributed by atoms with Crippen molar-refractivity contribution in [2.75, 3.05) is 5.33 Å². The summed E-state index contributed by atoms with van der Waals surface area (Å²) >= 11 is 8.95. The minimum atomic E-state index is -0.581. The van der Waals surface area contributed by atoms with Gasteiger partial charge in [-0.3, -0.25) is 4.79 Å². The summed E-state index contributed by atoms with van der Waals surface area (Å²) in [6, 6.07) is 4.06. The number of hydrogen-bond donors (Lipinski definition) is 1. The third-order valence-electron chi connectivity index (χ3n) is 3.02. The molecule has 0 spiro atoms. The first-order chi connectivity index (χ1) is 8.41. The van der Waals surface area contributed by atoms with E-state index in [0.29, 0.717) is 0 Å². The van der Waals surface area contributed by atoms with Crippen LogP contribution in [0.3, 0.4) is 0 Å². The van der Waals surface area contributed by atoms with Crippen LogP contribution in [-0.2, 0) is 0 Å². The fraction of sp³-hybridized carbons (Fsp3) is 0.462. The van der Waals surface area contributed by atoms with Crippen molar-refractivity contribution >= 4 is 33.4 Å². The van der Waals surface area contributed by atoms with E-state index < -0.39 is 5.82 Å². The second-order valence-electron chi connectivity index (χ2n) is 4.44. The third kappa shape index (κ3) is 3.95. The van der Waals surface area contributed by atoms with Crippen molar-refractivity contribution in [3.05, 3.63) is 34.6 Å². The van der Waals surface area contributed by atoms with Crippen LogP contribution in [0.25, 0.3) is 0 Å². The molecule has 100 valence electrons. The van der Waals surface area contributed by atoms with Gasteiger partial charge in [-0.05, 0) is 38.0 Å². The van der Waals surface area contributed by atoms with Gasteiger partial charge in [0.1, 0.15) is 5.82 Å². The lowest BCUT2D eigenvalue weighted by molar-refractivity contribution is 0.0901. The molecule has 5 heteroatoms. The number of alkyl halides is 1. The van der Waals surface area contributed by atoms with E-state index in [2.05, 4.69) is 21.2 Å². The summed E-state index contributed by atoms with van der Waals surface area (Å²) in [5.41, 5.74) is -0.0115. The van der Waals surface area contributed by atoms with Gasteiger partial charge in [-0.2, -0.15) is 0 Å². The third-order valence-corrected chi connectivity index (χ3v) is 3.73. The van der Waals surface area contributed by atoms with Crippen LogP contribution in [0.15, 0.2) is 18.2 Å². The summed E-state index contributed by atoms with van der Waals surface area (Å²) in [6.45, 7) is 3.98. The molecule has 1 atom stereocenters. The number of carbonyl (C=O) groups is 1. The van der Waals surface area contributed by atoms with E-state index in [1.54, 1.807) is 0 Å². The largest absolute Gasteiger partial charge is 0.347 e. The lowest BCUT2D eigenvalue weighted by atomic mass is 9.95. The summed E-state index contributed by atoms with van der Waals surface area (Å²) in [4.78, 5) is 12.0. The Balaban J connectivity index is 2.84. The van der Waals surface area contributed by atoms with Gasteiger partial charge in [-0.25, -0.2) is 4.39 Å². The maximum absolute atomic E-state index is 13.3. The number of benzene rings is 1. The highest BCUT2D eigenvalue weighted by atomic mass is 79.9. The van der Waals surface area contributed by atoms with E-state index in [1.807, 2.05) is 13.8 Å². The normalized spacial score (nSPS) is 14.1. The molecule has 1 amide bonds. The van der Waals surface area contributed by atoms with Gasteiger partial charge >= 0.3 is 0 Å². The number of halogens is 3. The van der Waals surface area contributed by atoms with Gasteiger partial charge in [0.25, 0.3) is 5.91 Å². The Hall–Kier alpha value is -0.610. The number of amides is 1. The van der Waals surface area contributed by atoms with Crippen LogP contribution >= 0.6 is 27.5 Å². The SMILES string of the molecule is CCC(C)(CCBr)NC(=O)c1ccc(Cl)c(F)c1. The molecule has 0 aliphatic carbocycles. The van der Waals surface area contributed by atoms with E-state index in [9.17, 15) is 9.18 Å². The topological polar surface area (TPSA) is 29.1 Å².